The normalized spacial score (nSPS) is 13.6. The molecule has 0 fully saturated rings. The maximum absolute atomic E-state index is 12.8. The number of hydrogen-bond acceptors (Lipinski definition) is 3. The first-order valence-electron chi connectivity index (χ1n) is 11.6. The molecule has 30 heavy (non-hydrogen) atoms. The van der Waals surface area contributed by atoms with Crippen molar-refractivity contribution >= 4 is 19.0 Å². The average Bonchev–Trinajstić information content (AvgIpc) is 2.66. The topological polar surface area (TPSA) is 121 Å². The fourth-order valence-corrected chi connectivity index (χ4v) is 4.35. The van der Waals surface area contributed by atoms with Gasteiger partial charge in [-0.25, -0.2) is 8.96 Å². The summed E-state index contributed by atoms with van der Waals surface area (Å²) in [5, 5.41) is 8.59. The molecule has 184 valence electrons. The number of aliphatic hydroxyl groups excluding tert-OH is 1. The number of alkyl halides is 1. The van der Waals surface area contributed by atoms with E-state index in [1.54, 1.807) is 0 Å². The van der Waals surface area contributed by atoms with Gasteiger partial charge in [0.25, 0.3) is 0 Å². The Kier molecular flexibility index (Phi) is 26.0. The summed E-state index contributed by atoms with van der Waals surface area (Å²) in [6.45, 7) is 1.76. The van der Waals surface area contributed by atoms with Gasteiger partial charge in [0.2, 0.25) is 0 Å². The number of phosphoric acid groups is 1. The van der Waals surface area contributed by atoms with Gasteiger partial charge < -0.3 is 24.3 Å². The van der Waals surface area contributed by atoms with Gasteiger partial charge >= 0.3 is 7.82 Å². The summed E-state index contributed by atoms with van der Waals surface area (Å²) in [7, 11) is -4.64. The van der Waals surface area contributed by atoms with Crippen LogP contribution in [0.3, 0.4) is 0 Å². The minimum Gasteiger partial charge on any atom is -0.616 e. The number of rotatable bonds is 20. The van der Waals surface area contributed by atoms with E-state index in [4.69, 9.17) is 24.4 Å². The lowest BCUT2D eigenvalue weighted by Crippen LogP contribution is -2.22. The van der Waals surface area contributed by atoms with Crippen LogP contribution < -0.4 is 0 Å². The molecule has 0 bridgehead atoms. The van der Waals surface area contributed by atoms with Crippen molar-refractivity contribution in [1.82, 2.24) is 0 Å². The third-order valence-electron chi connectivity index (χ3n) is 4.79. The Hall–Kier alpha value is 0.310. The van der Waals surface area contributed by atoms with Gasteiger partial charge in [-0.3, -0.25) is 0 Å². The Morgan fingerprint density at radius 2 is 1.07 bits per heavy atom. The van der Waals surface area contributed by atoms with E-state index in [0.29, 0.717) is 5.75 Å². The molecule has 0 saturated heterocycles. The molecule has 0 aromatic rings. The largest absolute Gasteiger partial charge is 0.616 e. The number of halogens is 1. The third-order valence-corrected chi connectivity index (χ3v) is 6.27. The Labute approximate surface area is 186 Å². The van der Waals surface area contributed by atoms with Crippen LogP contribution in [0, 0.1) is 0 Å². The second kappa shape index (κ2) is 24.0. The van der Waals surface area contributed by atoms with Crippen molar-refractivity contribution < 1.29 is 33.3 Å². The van der Waals surface area contributed by atoms with Crippen LogP contribution in [0.1, 0.15) is 110 Å². The van der Waals surface area contributed by atoms with E-state index in [1.165, 1.54) is 89.9 Å². The Balaban J connectivity index is 0. The van der Waals surface area contributed by atoms with Crippen LogP contribution in [0.15, 0.2) is 0 Å². The highest BCUT2D eigenvalue weighted by atomic mass is 32.2. The summed E-state index contributed by atoms with van der Waals surface area (Å²) in [5.41, 5.74) is 0. The Morgan fingerprint density at radius 3 is 1.37 bits per heavy atom. The van der Waals surface area contributed by atoms with Crippen LogP contribution in [0.4, 0.5) is 4.39 Å². The van der Waals surface area contributed by atoms with Crippen molar-refractivity contribution in [1.29, 1.82) is 0 Å². The third kappa shape index (κ3) is 35.7. The van der Waals surface area contributed by atoms with E-state index in [9.17, 15) is 8.94 Å². The lowest BCUT2D eigenvalue weighted by molar-refractivity contribution is 0.193. The van der Waals surface area contributed by atoms with Crippen molar-refractivity contribution in [2.45, 2.75) is 116 Å². The van der Waals surface area contributed by atoms with E-state index < -0.39 is 31.8 Å². The van der Waals surface area contributed by atoms with E-state index in [2.05, 4.69) is 6.92 Å². The van der Waals surface area contributed by atoms with Crippen molar-refractivity contribution in [3.05, 3.63) is 0 Å². The van der Waals surface area contributed by atoms with Crippen molar-refractivity contribution in [2.75, 3.05) is 18.1 Å². The summed E-state index contributed by atoms with van der Waals surface area (Å²) in [6.07, 6.45) is 19.9. The second-order valence-electron chi connectivity index (χ2n) is 7.91. The van der Waals surface area contributed by atoms with Gasteiger partial charge in [-0.15, -0.1) is 0 Å². The molecule has 0 heterocycles. The molecule has 0 radical (unpaired) electrons. The maximum atomic E-state index is 12.8. The summed E-state index contributed by atoms with van der Waals surface area (Å²) < 4.78 is 33.3. The van der Waals surface area contributed by atoms with E-state index in [1.807, 2.05) is 0 Å². The summed E-state index contributed by atoms with van der Waals surface area (Å²) in [6, 6.07) is 0. The first-order chi connectivity index (χ1) is 14.2. The minimum absolute atomic E-state index is 0.00472. The fraction of sp³-hybridized carbons (Fsp3) is 1.00. The molecule has 0 aliphatic rings. The molecule has 0 aliphatic heterocycles. The van der Waals surface area contributed by atoms with Crippen LogP contribution in [0.25, 0.3) is 0 Å². The zero-order valence-corrected chi connectivity index (χ0v) is 20.6. The minimum atomic E-state index is -4.64. The Bertz CT molecular complexity index is 378. The number of hydrogen-bond donors (Lipinski definition) is 4. The molecule has 2 atom stereocenters. The molecule has 0 aromatic carbocycles. The lowest BCUT2D eigenvalue weighted by Gasteiger charge is -2.12. The average molecular weight is 477 g/mol. The first kappa shape index (κ1) is 32.5. The van der Waals surface area contributed by atoms with Crippen molar-refractivity contribution in [3.8, 4) is 0 Å². The molecule has 2 unspecified atom stereocenters. The summed E-state index contributed by atoms with van der Waals surface area (Å²) in [5.74, 6) is 0.577. The Morgan fingerprint density at radius 1 is 0.767 bits per heavy atom. The zero-order valence-electron chi connectivity index (χ0n) is 18.9. The molecule has 0 aliphatic carbocycles. The van der Waals surface area contributed by atoms with E-state index >= 15 is 0 Å². The van der Waals surface area contributed by atoms with Gasteiger partial charge in [0.15, 0.2) is 6.17 Å². The predicted molar refractivity (Wildman–Crippen MR) is 124 cm³/mol. The summed E-state index contributed by atoms with van der Waals surface area (Å²) in [4.78, 5) is 21.6. The van der Waals surface area contributed by atoms with E-state index in [0.717, 1.165) is 12.8 Å². The molecule has 0 aromatic heterocycles. The molecule has 0 spiro atoms. The smallest absolute Gasteiger partial charge is 0.466 e. The van der Waals surface area contributed by atoms with Crippen molar-refractivity contribution in [3.63, 3.8) is 0 Å². The quantitative estimate of drug-likeness (QED) is 0.106. The van der Waals surface area contributed by atoms with Crippen LogP contribution in [0.5, 0.6) is 0 Å². The highest BCUT2D eigenvalue weighted by Gasteiger charge is 2.14. The number of aliphatic hydroxyl groups is 1. The van der Waals surface area contributed by atoms with Crippen LogP contribution in [-0.4, -0.2) is 48.6 Å². The standard InChI is InChI=1S/C21H43FO2S.H3O4P/c1-2-3-4-5-6-7-8-9-10-11-12-13-14-15-16-17-18-25(24)20-21(22)19-23;1-5(2,3)4/h21,23H,2-20H2,1H3;(H3,1,2,3,4). The van der Waals surface area contributed by atoms with E-state index in [-0.39, 0.29) is 5.75 Å². The summed E-state index contributed by atoms with van der Waals surface area (Å²) >= 11 is -1.10. The first-order valence-corrected chi connectivity index (χ1v) is 14.6. The van der Waals surface area contributed by atoms with Gasteiger partial charge in [0, 0.05) is 0 Å². The molecule has 0 saturated carbocycles. The molecular weight excluding hydrogens is 430 g/mol. The van der Waals surface area contributed by atoms with Crippen LogP contribution >= 0.6 is 7.82 Å². The zero-order chi connectivity index (χ0) is 23.1. The maximum Gasteiger partial charge on any atom is 0.466 e. The monoisotopic (exact) mass is 476 g/mol. The SMILES string of the molecule is CCCCCCCCCCCCCCCCCC[S+]([O-])CC(F)CO.O=P(O)(O)O. The van der Waals surface area contributed by atoms with Gasteiger partial charge in [0.05, 0.1) is 6.61 Å². The lowest BCUT2D eigenvalue weighted by atomic mass is 10.0. The van der Waals surface area contributed by atoms with Crippen LogP contribution in [0.2, 0.25) is 0 Å². The van der Waals surface area contributed by atoms with Gasteiger partial charge in [-0.2, -0.15) is 0 Å². The molecule has 6 nitrogen and oxygen atoms in total. The molecule has 0 amide bonds. The molecule has 9 heteroatoms. The predicted octanol–water partition coefficient (Wildman–Crippen LogP) is 5.40. The molecule has 0 rings (SSSR count). The highest BCUT2D eigenvalue weighted by molar-refractivity contribution is 7.91. The van der Waals surface area contributed by atoms with Gasteiger partial charge in [0.1, 0.15) is 11.5 Å². The van der Waals surface area contributed by atoms with Gasteiger partial charge in [-0.05, 0) is 12.8 Å². The van der Waals surface area contributed by atoms with Gasteiger partial charge in [-0.1, -0.05) is 108 Å². The molecule has 4 N–H and O–H groups in total. The van der Waals surface area contributed by atoms with Crippen LogP contribution in [-0.2, 0) is 15.7 Å². The van der Waals surface area contributed by atoms with Crippen molar-refractivity contribution in [2.24, 2.45) is 0 Å². The highest BCUT2D eigenvalue weighted by Crippen LogP contribution is 2.25. The molecular formula is C21H46FO6PS. The second-order valence-corrected chi connectivity index (χ2v) is 10.6. The fourth-order valence-electron chi connectivity index (χ4n) is 3.15. The number of unbranched alkanes of at least 4 members (excludes halogenated alkanes) is 15.